The molecule has 1 aromatic carbocycles. The van der Waals surface area contributed by atoms with Crippen LogP contribution >= 0.6 is 11.3 Å². The first-order valence-corrected chi connectivity index (χ1v) is 11.0. The molecule has 1 aliphatic heterocycles. The molecule has 6 rings (SSSR count). The molecule has 1 amide bonds. The van der Waals surface area contributed by atoms with Gasteiger partial charge in [-0.05, 0) is 49.9 Å². The lowest BCUT2D eigenvalue weighted by Gasteiger charge is -2.30. The molecule has 4 aromatic rings. The van der Waals surface area contributed by atoms with E-state index in [0.29, 0.717) is 34.3 Å². The second kappa shape index (κ2) is 6.76. The monoisotopic (exact) mass is 453 g/mol. The van der Waals surface area contributed by atoms with Crippen LogP contribution in [0.4, 0.5) is 20.3 Å². The zero-order valence-electron chi connectivity index (χ0n) is 16.9. The summed E-state index contributed by atoms with van der Waals surface area (Å²) in [6.45, 7) is 2.46. The van der Waals surface area contributed by atoms with Gasteiger partial charge in [0.1, 0.15) is 28.1 Å². The average molecular weight is 453 g/mol. The third-order valence-corrected chi connectivity index (χ3v) is 7.09. The van der Waals surface area contributed by atoms with E-state index in [9.17, 15) is 13.6 Å². The van der Waals surface area contributed by atoms with E-state index in [-0.39, 0.29) is 16.8 Å². The van der Waals surface area contributed by atoms with Gasteiger partial charge in [-0.25, -0.2) is 18.3 Å². The number of anilines is 2. The fraction of sp³-hybridized carbons (Fsp3) is 0.286. The van der Waals surface area contributed by atoms with Crippen LogP contribution in [-0.4, -0.2) is 37.2 Å². The SMILES string of the molecule is Cc1nnc(C(=O)Nc2cnn3ccc(N4CC[C@H]5C[C@]54c4cc(F)ccc4F)nc23)s1. The Balaban J connectivity index is 1.37. The van der Waals surface area contributed by atoms with Crippen LogP contribution in [0.25, 0.3) is 5.65 Å². The van der Waals surface area contributed by atoms with Gasteiger partial charge in [0.2, 0.25) is 5.01 Å². The van der Waals surface area contributed by atoms with Gasteiger partial charge < -0.3 is 10.2 Å². The number of amides is 1. The third kappa shape index (κ3) is 2.80. The number of rotatable bonds is 4. The summed E-state index contributed by atoms with van der Waals surface area (Å²) in [6, 6.07) is 5.42. The predicted molar refractivity (Wildman–Crippen MR) is 114 cm³/mol. The number of hydrogen-bond donors (Lipinski definition) is 1. The van der Waals surface area contributed by atoms with Crippen molar-refractivity contribution in [3.63, 3.8) is 0 Å². The largest absolute Gasteiger partial charge is 0.346 e. The van der Waals surface area contributed by atoms with Gasteiger partial charge in [-0.3, -0.25) is 4.79 Å². The lowest BCUT2D eigenvalue weighted by Crippen LogP contribution is -2.34. The number of halogens is 2. The van der Waals surface area contributed by atoms with Gasteiger partial charge >= 0.3 is 0 Å². The molecular formula is C21H17F2N7OS. The third-order valence-electron chi connectivity index (χ3n) is 6.25. The van der Waals surface area contributed by atoms with Crippen LogP contribution in [0, 0.1) is 24.5 Å². The van der Waals surface area contributed by atoms with E-state index in [4.69, 9.17) is 4.98 Å². The quantitative estimate of drug-likeness (QED) is 0.509. The van der Waals surface area contributed by atoms with E-state index < -0.39 is 17.2 Å². The molecule has 2 atom stereocenters. The average Bonchev–Trinajstić information content (AvgIpc) is 3.10. The van der Waals surface area contributed by atoms with Crippen LogP contribution in [0.1, 0.15) is 33.2 Å². The number of aryl methyl sites for hydroxylation is 1. The van der Waals surface area contributed by atoms with Gasteiger partial charge in [0.25, 0.3) is 5.91 Å². The van der Waals surface area contributed by atoms with E-state index >= 15 is 0 Å². The van der Waals surface area contributed by atoms with Crippen molar-refractivity contribution in [2.24, 2.45) is 5.92 Å². The Bertz CT molecular complexity index is 1390. The standard InChI is InChI=1S/C21H17F2N7OS/c1-11-27-28-20(32-11)19(31)25-16-10-24-30-7-5-17(26-18(16)30)29-6-4-12-9-21(12,29)14-8-13(22)2-3-15(14)23/h2-3,5,7-8,10,12H,4,6,9H2,1H3,(H,25,31)/t12-,21+/m0/s1. The normalized spacial score (nSPS) is 21.7. The molecule has 8 nitrogen and oxygen atoms in total. The number of aromatic nitrogens is 5. The zero-order chi connectivity index (χ0) is 22.0. The summed E-state index contributed by atoms with van der Waals surface area (Å²) >= 11 is 1.20. The Morgan fingerprint density at radius 1 is 1.28 bits per heavy atom. The summed E-state index contributed by atoms with van der Waals surface area (Å²) in [5, 5.41) is 15.7. The molecule has 11 heteroatoms. The summed E-state index contributed by atoms with van der Waals surface area (Å²) in [4.78, 5) is 19.3. The van der Waals surface area contributed by atoms with Crippen molar-refractivity contribution < 1.29 is 13.6 Å². The Morgan fingerprint density at radius 3 is 2.94 bits per heavy atom. The van der Waals surface area contributed by atoms with Crippen LogP contribution in [0.2, 0.25) is 0 Å². The first kappa shape index (κ1) is 19.2. The molecule has 0 radical (unpaired) electrons. The van der Waals surface area contributed by atoms with Crippen molar-refractivity contribution in [3.8, 4) is 0 Å². The summed E-state index contributed by atoms with van der Waals surface area (Å²) in [5.41, 5.74) is 0.666. The number of benzene rings is 1. The number of nitrogens with one attached hydrogen (secondary N) is 1. The zero-order valence-corrected chi connectivity index (χ0v) is 17.7. The van der Waals surface area contributed by atoms with E-state index in [0.717, 1.165) is 18.9 Å². The highest BCUT2D eigenvalue weighted by Gasteiger charge is 2.64. The Kier molecular flexibility index (Phi) is 4.06. The van der Waals surface area contributed by atoms with Gasteiger partial charge in [-0.2, -0.15) is 5.10 Å². The number of carbonyl (C=O) groups excluding carboxylic acids is 1. The highest BCUT2D eigenvalue weighted by Crippen LogP contribution is 2.63. The number of hydrogen-bond acceptors (Lipinski definition) is 7. The van der Waals surface area contributed by atoms with E-state index in [2.05, 4.69) is 20.6 Å². The Labute approximate surface area is 184 Å². The van der Waals surface area contributed by atoms with Gasteiger partial charge in [0.15, 0.2) is 5.65 Å². The summed E-state index contributed by atoms with van der Waals surface area (Å²) in [5.74, 6) is -0.374. The maximum Gasteiger partial charge on any atom is 0.286 e. The van der Waals surface area contributed by atoms with E-state index in [1.165, 1.54) is 29.7 Å². The molecule has 2 fully saturated rings. The molecule has 32 heavy (non-hydrogen) atoms. The fourth-order valence-corrected chi connectivity index (χ4v) is 5.34. The number of fused-ring (bicyclic) bond motifs is 2. The van der Waals surface area contributed by atoms with Crippen LogP contribution in [0.15, 0.2) is 36.7 Å². The number of nitrogens with zero attached hydrogens (tertiary/aromatic N) is 6. The van der Waals surface area contributed by atoms with Crippen molar-refractivity contribution in [1.82, 2.24) is 24.8 Å². The molecule has 1 N–H and O–H groups in total. The molecule has 0 unspecified atom stereocenters. The predicted octanol–water partition coefficient (Wildman–Crippen LogP) is 3.55. The van der Waals surface area contributed by atoms with E-state index in [1.54, 1.807) is 23.7 Å². The first-order valence-electron chi connectivity index (χ1n) is 10.1. The van der Waals surface area contributed by atoms with Gasteiger partial charge in [-0.15, -0.1) is 10.2 Å². The van der Waals surface area contributed by atoms with Crippen molar-refractivity contribution >= 4 is 34.4 Å². The van der Waals surface area contributed by atoms with Crippen LogP contribution in [0.3, 0.4) is 0 Å². The van der Waals surface area contributed by atoms with Gasteiger partial charge in [0.05, 0.1) is 11.7 Å². The molecule has 1 saturated carbocycles. The van der Waals surface area contributed by atoms with Crippen molar-refractivity contribution in [3.05, 3.63) is 63.9 Å². The first-order chi connectivity index (χ1) is 15.5. The Morgan fingerprint density at radius 2 is 2.16 bits per heavy atom. The smallest absolute Gasteiger partial charge is 0.286 e. The minimum Gasteiger partial charge on any atom is -0.346 e. The van der Waals surface area contributed by atoms with Crippen LogP contribution in [0.5, 0.6) is 0 Å². The van der Waals surface area contributed by atoms with Gasteiger partial charge in [0, 0.05) is 18.3 Å². The Hall–Kier alpha value is -3.47. The van der Waals surface area contributed by atoms with Crippen LogP contribution in [-0.2, 0) is 5.54 Å². The summed E-state index contributed by atoms with van der Waals surface area (Å²) in [6.07, 6.45) is 4.89. The fourth-order valence-electron chi connectivity index (χ4n) is 4.76. The van der Waals surface area contributed by atoms with Crippen molar-refractivity contribution in [2.45, 2.75) is 25.3 Å². The minimum absolute atomic E-state index is 0.249. The molecule has 1 saturated heterocycles. The molecule has 4 heterocycles. The second-order valence-electron chi connectivity index (χ2n) is 8.08. The highest BCUT2D eigenvalue weighted by molar-refractivity contribution is 7.13. The number of piperidine rings is 1. The van der Waals surface area contributed by atoms with E-state index in [1.807, 2.05) is 4.90 Å². The highest BCUT2D eigenvalue weighted by atomic mass is 32.1. The number of carbonyl (C=O) groups is 1. The second-order valence-corrected chi connectivity index (χ2v) is 9.26. The lowest BCUT2D eigenvalue weighted by atomic mass is 10.0. The maximum absolute atomic E-state index is 14.7. The molecular weight excluding hydrogens is 436 g/mol. The molecule has 1 aliphatic carbocycles. The topological polar surface area (TPSA) is 88.3 Å². The minimum atomic E-state index is -0.592. The summed E-state index contributed by atoms with van der Waals surface area (Å²) in [7, 11) is 0. The molecule has 0 spiro atoms. The molecule has 0 bridgehead atoms. The van der Waals surface area contributed by atoms with Crippen molar-refractivity contribution in [2.75, 3.05) is 16.8 Å². The molecule has 2 aliphatic rings. The van der Waals surface area contributed by atoms with Crippen molar-refractivity contribution in [1.29, 1.82) is 0 Å². The summed E-state index contributed by atoms with van der Waals surface area (Å²) < 4.78 is 30.2. The molecule has 162 valence electrons. The molecule has 3 aromatic heterocycles. The van der Waals surface area contributed by atoms with Crippen LogP contribution < -0.4 is 10.2 Å². The lowest BCUT2D eigenvalue weighted by molar-refractivity contribution is 0.102. The van der Waals surface area contributed by atoms with Gasteiger partial charge in [-0.1, -0.05) is 11.3 Å². The maximum atomic E-state index is 14.7.